The van der Waals surface area contributed by atoms with Gasteiger partial charge < -0.3 is 20.1 Å². The van der Waals surface area contributed by atoms with Crippen LogP contribution in [0, 0.1) is 0 Å². The first-order valence-corrected chi connectivity index (χ1v) is 8.56. The van der Waals surface area contributed by atoms with Crippen molar-refractivity contribution < 1.29 is 14.4 Å². The zero-order valence-electron chi connectivity index (χ0n) is 14.5. The van der Waals surface area contributed by atoms with E-state index >= 15 is 0 Å². The second-order valence-electron chi connectivity index (χ2n) is 5.96. The number of rotatable bonds is 6. The van der Waals surface area contributed by atoms with Gasteiger partial charge in [-0.2, -0.15) is 0 Å². The number of likely N-dealkylation sites (N-methyl/N-ethyl adjacent to an activating group) is 1. The third kappa shape index (κ3) is 3.58. The van der Waals surface area contributed by atoms with Gasteiger partial charge in [0.1, 0.15) is 6.04 Å². The minimum absolute atomic E-state index is 0.227. The van der Waals surface area contributed by atoms with Crippen molar-refractivity contribution in [1.29, 1.82) is 0 Å². The van der Waals surface area contributed by atoms with E-state index in [1.807, 2.05) is 29.8 Å². The van der Waals surface area contributed by atoms with E-state index in [1.54, 1.807) is 29.6 Å². The molecule has 0 bridgehead atoms. The molecule has 0 unspecified atom stereocenters. The standard InChI is InChI=1S/C18H21N5O3/c1-2-23-14-7-4-3-6-13(14)15(18(23)26)21-17(25)16(24)20-8-5-10-22-11-9-19-12-22/h3-4,6-7,9,11-12,15H,2,5,8,10H2,1H3,(H,20,24)(H,21,25)/t15-/m1/s1. The molecule has 1 aliphatic heterocycles. The Morgan fingerprint density at radius 3 is 2.77 bits per heavy atom. The Hall–Kier alpha value is -3.16. The van der Waals surface area contributed by atoms with Gasteiger partial charge in [-0.05, 0) is 19.4 Å². The third-order valence-electron chi connectivity index (χ3n) is 4.29. The molecule has 2 N–H and O–H groups in total. The lowest BCUT2D eigenvalue weighted by Gasteiger charge is -2.15. The third-order valence-corrected chi connectivity index (χ3v) is 4.29. The van der Waals surface area contributed by atoms with Gasteiger partial charge in [-0.15, -0.1) is 0 Å². The molecule has 0 saturated carbocycles. The summed E-state index contributed by atoms with van der Waals surface area (Å²) in [5.41, 5.74) is 1.48. The first-order chi connectivity index (χ1) is 12.6. The van der Waals surface area contributed by atoms with E-state index in [0.717, 1.165) is 5.69 Å². The smallest absolute Gasteiger partial charge is 0.310 e. The summed E-state index contributed by atoms with van der Waals surface area (Å²) in [7, 11) is 0. The summed E-state index contributed by atoms with van der Waals surface area (Å²) in [6.45, 7) is 3.43. The fourth-order valence-corrected chi connectivity index (χ4v) is 3.01. The lowest BCUT2D eigenvalue weighted by molar-refractivity contribution is -0.140. The van der Waals surface area contributed by atoms with Crippen LogP contribution in [-0.4, -0.2) is 40.4 Å². The van der Waals surface area contributed by atoms with Gasteiger partial charge in [0.05, 0.1) is 6.33 Å². The minimum atomic E-state index is -0.824. The quantitative estimate of drug-likeness (QED) is 0.586. The van der Waals surface area contributed by atoms with Crippen molar-refractivity contribution in [2.75, 3.05) is 18.0 Å². The number of hydrogen-bond donors (Lipinski definition) is 2. The molecule has 8 nitrogen and oxygen atoms in total. The lowest BCUT2D eigenvalue weighted by Crippen LogP contribution is -2.44. The number of amides is 3. The summed E-state index contributed by atoms with van der Waals surface area (Å²) in [6.07, 6.45) is 5.88. The number of fused-ring (bicyclic) bond motifs is 1. The molecular formula is C18H21N5O3. The Morgan fingerprint density at radius 1 is 1.23 bits per heavy atom. The number of aryl methyl sites for hydroxylation is 1. The molecule has 0 aliphatic carbocycles. The number of hydrogen-bond acceptors (Lipinski definition) is 4. The summed E-state index contributed by atoms with van der Waals surface area (Å²) in [4.78, 5) is 42.2. The first kappa shape index (κ1) is 17.7. The van der Waals surface area contributed by atoms with Gasteiger partial charge in [0, 0.05) is 43.3 Å². The van der Waals surface area contributed by atoms with Crippen LogP contribution in [0.3, 0.4) is 0 Å². The summed E-state index contributed by atoms with van der Waals surface area (Å²) >= 11 is 0. The Morgan fingerprint density at radius 2 is 2.04 bits per heavy atom. The van der Waals surface area contributed by atoms with Crippen LogP contribution < -0.4 is 15.5 Å². The SMILES string of the molecule is CCN1C(=O)[C@H](NC(=O)C(=O)NCCCn2ccnc2)c2ccccc21. The van der Waals surface area contributed by atoms with E-state index in [0.29, 0.717) is 31.6 Å². The molecule has 3 rings (SSSR count). The molecule has 2 aromatic rings. The summed E-state index contributed by atoms with van der Waals surface area (Å²) < 4.78 is 1.89. The van der Waals surface area contributed by atoms with E-state index < -0.39 is 17.9 Å². The average Bonchev–Trinajstić information content (AvgIpc) is 3.25. The minimum Gasteiger partial charge on any atom is -0.348 e. The van der Waals surface area contributed by atoms with E-state index in [9.17, 15) is 14.4 Å². The largest absolute Gasteiger partial charge is 0.348 e. The van der Waals surface area contributed by atoms with Crippen LogP contribution in [-0.2, 0) is 20.9 Å². The molecule has 1 aromatic heterocycles. The summed E-state index contributed by atoms with van der Waals surface area (Å²) in [5, 5.41) is 5.12. The maximum absolute atomic E-state index is 12.5. The monoisotopic (exact) mass is 355 g/mol. The van der Waals surface area contributed by atoms with E-state index in [4.69, 9.17) is 0 Å². The number of aromatic nitrogens is 2. The highest BCUT2D eigenvalue weighted by Gasteiger charge is 2.37. The number of carbonyl (C=O) groups excluding carboxylic acids is 3. The second kappa shape index (κ2) is 7.81. The van der Waals surface area contributed by atoms with Gasteiger partial charge >= 0.3 is 11.8 Å². The van der Waals surface area contributed by atoms with E-state index in [1.165, 1.54) is 0 Å². The number of benzene rings is 1. The lowest BCUT2D eigenvalue weighted by atomic mass is 10.1. The number of imidazole rings is 1. The van der Waals surface area contributed by atoms with Crippen molar-refractivity contribution in [3.8, 4) is 0 Å². The molecule has 136 valence electrons. The van der Waals surface area contributed by atoms with Crippen LogP contribution in [0.5, 0.6) is 0 Å². The number of anilines is 1. The molecule has 0 radical (unpaired) electrons. The number of para-hydroxylation sites is 1. The van der Waals surface area contributed by atoms with Crippen molar-refractivity contribution in [2.45, 2.75) is 25.9 Å². The fourth-order valence-electron chi connectivity index (χ4n) is 3.01. The molecule has 0 fully saturated rings. The molecule has 8 heteroatoms. The molecule has 26 heavy (non-hydrogen) atoms. The van der Waals surface area contributed by atoms with Gasteiger partial charge in [0.2, 0.25) is 0 Å². The van der Waals surface area contributed by atoms with Gasteiger partial charge in [0.15, 0.2) is 0 Å². The normalized spacial score (nSPS) is 15.7. The highest BCUT2D eigenvalue weighted by molar-refractivity contribution is 6.35. The van der Waals surface area contributed by atoms with Crippen LogP contribution in [0.1, 0.15) is 24.9 Å². The van der Waals surface area contributed by atoms with E-state index in [-0.39, 0.29) is 5.91 Å². The molecule has 0 spiro atoms. The van der Waals surface area contributed by atoms with Crippen molar-refractivity contribution in [2.24, 2.45) is 0 Å². The van der Waals surface area contributed by atoms with Crippen LogP contribution in [0.2, 0.25) is 0 Å². The van der Waals surface area contributed by atoms with Crippen LogP contribution >= 0.6 is 0 Å². The van der Waals surface area contributed by atoms with Crippen molar-refractivity contribution in [1.82, 2.24) is 20.2 Å². The molecule has 1 atom stereocenters. The summed E-state index contributed by atoms with van der Waals surface area (Å²) in [5.74, 6) is -1.77. The number of nitrogens with one attached hydrogen (secondary N) is 2. The Kier molecular flexibility index (Phi) is 5.31. The number of carbonyl (C=O) groups is 3. The maximum Gasteiger partial charge on any atom is 0.310 e. The Balaban J connectivity index is 1.54. The molecule has 1 aromatic carbocycles. The topological polar surface area (TPSA) is 96.3 Å². The number of nitrogens with zero attached hydrogens (tertiary/aromatic N) is 3. The van der Waals surface area contributed by atoms with Crippen molar-refractivity contribution >= 4 is 23.4 Å². The van der Waals surface area contributed by atoms with Gasteiger partial charge in [0.25, 0.3) is 5.91 Å². The Labute approximate surface area is 151 Å². The highest BCUT2D eigenvalue weighted by Crippen LogP contribution is 2.35. The van der Waals surface area contributed by atoms with Crippen molar-refractivity contribution in [3.05, 3.63) is 48.5 Å². The Bertz CT molecular complexity index is 803. The van der Waals surface area contributed by atoms with Gasteiger partial charge in [-0.25, -0.2) is 4.98 Å². The highest BCUT2D eigenvalue weighted by atomic mass is 16.2. The van der Waals surface area contributed by atoms with Gasteiger partial charge in [-0.1, -0.05) is 18.2 Å². The van der Waals surface area contributed by atoms with E-state index in [2.05, 4.69) is 15.6 Å². The zero-order chi connectivity index (χ0) is 18.5. The average molecular weight is 355 g/mol. The molecule has 0 saturated heterocycles. The zero-order valence-corrected chi connectivity index (χ0v) is 14.5. The first-order valence-electron chi connectivity index (χ1n) is 8.56. The predicted molar refractivity (Wildman–Crippen MR) is 95.2 cm³/mol. The molecular weight excluding hydrogens is 334 g/mol. The summed E-state index contributed by atoms with van der Waals surface area (Å²) in [6, 6.07) is 6.44. The maximum atomic E-state index is 12.5. The van der Waals surface area contributed by atoms with Crippen LogP contribution in [0.15, 0.2) is 43.0 Å². The molecule has 2 heterocycles. The van der Waals surface area contributed by atoms with Crippen LogP contribution in [0.25, 0.3) is 0 Å². The fraction of sp³-hybridized carbons (Fsp3) is 0.333. The second-order valence-corrected chi connectivity index (χ2v) is 5.96. The van der Waals surface area contributed by atoms with Gasteiger partial charge in [-0.3, -0.25) is 14.4 Å². The van der Waals surface area contributed by atoms with Crippen molar-refractivity contribution in [3.63, 3.8) is 0 Å². The molecule has 1 aliphatic rings. The van der Waals surface area contributed by atoms with Crippen LogP contribution in [0.4, 0.5) is 5.69 Å². The predicted octanol–water partition coefficient (Wildman–Crippen LogP) is 0.613. The molecule has 3 amide bonds.